The molecule has 3 atom stereocenters. The van der Waals surface area contributed by atoms with Gasteiger partial charge in [-0.1, -0.05) is 0 Å². The highest BCUT2D eigenvalue weighted by atomic mass is 16.5. The molecular formula is C12H22N2O5. The topological polar surface area (TPSA) is 108 Å². The standard InChI is InChI=1S/C12H22N2O5/c1-7(15)9(10(16)17)14-11(18)13-8-4-5-19-12(2,3)6-8/h7-9,15H,4-6H2,1-3H3,(H,16,17)(H2,13,14,18)/t7-,8?,9+/m1/s1. The fraction of sp³-hybridized carbons (Fsp3) is 0.833. The Bertz CT molecular complexity index is 343. The number of carboxylic acid groups (broad SMARTS) is 1. The van der Waals surface area contributed by atoms with Gasteiger partial charge < -0.3 is 25.6 Å². The molecule has 7 nitrogen and oxygen atoms in total. The van der Waals surface area contributed by atoms with Crippen LogP contribution in [-0.2, 0) is 9.53 Å². The minimum atomic E-state index is -1.31. The molecule has 0 bridgehead atoms. The molecule has 0 aliphatic carbocycles. The molecule has 2 amide bonds. The Kier molecular flexibility index (Phi) is 5.13. The summed E-state index contributed by atoms with van der Waals surface area (Å²) in [5.74, 6) is -1.27. The van der Waals surface area contributed by atoms with Crippen molar-refractivity contribution in [3.05, 3.63) is 0 Å². The van der Waals surface area contributed by atoms with Crippen molar-refractivity contribution >= 4 is 12.0 Å². The second-order valence-electron chi connectivity index (χ2n) is 5.47. The van der Waals surface area contributed by atoms with Gasteiger partial charge in [-0.2, -0.15) is 0 Å². The summed E-state index contributed by atoms with van der Waals surface area (Å²) in [4.78, 5) is 22.6. The van der Waals surface area contributed by atoms with Gasteiger partial charge in [-0.05, 0) is 33.6 Å². The highest BCUT2D eigenvalue weighted by Crippen LogP contribution is 2.23. The fourth-order valence-electron chi connectivity index (χ4n) is 2.11. The van der Waals surface area contributed by atoms with Crippen LogP contribution >= 0.6 is 0 Å². The van der Waals surface area contributed by atoms with Crippen molar-refractivity contribution in [2.45, 2.75) is 57.4 Å². The highest BCUT2D eigenvalue weighted by Gasteiger charge is 2.31. The van der Waals surface area contributed by atoms with E-state index in [1.54, 1.807) is 0 Å². The number of carbonyl (C=O) groups is 2. The maximum atomic E-state index is 11.7. The molecular weight excluding hydrogens is 252 g/mol. The number of rotatable bonds is 4. The maximum Gasteiger partial charge on any atom is 0.328 e. The van der Waals surface area contributed by atoms with Crippen LogP contribution < -0.4 is 10.6 Å². The van der Waals surface area contributed by atoms with E-state index in [4.69, 9.17) is 9.84 Å². The van der Waals surface area contributed by atoms with Crippen molar-refractivity contribution in [3.8, 4) is 0 Å². The van der Waals surface area contributed by atoms with Crippen molar-refractivity contribution in [2.24, 2.45) is 0 Å². The Labute approximate surface area is 112 Å². The molecule has 1 saturated heterocycles. The fourth-order valence-corrected chi connectivity index (χ4v) is 2.11. The summed E-state index contributed by atoms with van der Waals surface area (Å²) in [6, 6.07) is -1.96. The molecule has 0 aromatic heterocycles. The second-order valence-corrected chi connectivity index (χ2v) is 5.47. The van der Waals surface area contributed by atoms with Crippen molar-refractivity contribution in [1.82, 2.24) is 10.6 Å². The van der Waals surface area contributed by atoms with E-state index >= 15 is 0 Å². The molecule has 110 valence electrons. The summed E-state index contributed by atoms with van der Waals surface area (Å²) in [6.45, 7) is 5.75. The number of ether oxygens (including phenoxy) is 1. The molecule has 0 radical (unpaired) electrons. The molecule has 1 rings (SSSR count). The summed E-state index contributed by atoms with van der Waals surface area (Å²) < 4.78 is 5.53. The number of hydrogen-bond acceptors (Lipinski definition) is 4. The molecule has 1 aliphatic rings. The molecule has 1 heterocycles. The monoisotopic (exact) mass is 274 g/mol. The molecule has 0 aromatic carbocycles. The lowest BCUT2D eigenvalue weighted by Crippen LogP contribution is -2.55. The summed E-state index contributed by atoms with van der Waals surface area (Å²) >= 11 is 0. The zero-order valence-corrected chi connectivity index (χ0v) is 11.5. The first kappa shape index (κ1) is 15.7. The lowest BCUT2D eigenvalue weighted by Gasteiger charge is -2.36. The third-order valence-electron chi connectivity index (χ3n) is 3.07. The van der Waals surface area contributed by atoms with E-state index < -0.39 is 24.1 Å². The lowest BCUT2D eigenvalue weighted by atomic mass is 9.94. The Morgan fingerprint density at radius 1 is 1.42 bits per heavy atom. The number of nitrogens with one attached hydrogen (secondary N) is 2. The van der Waals surface area contributed by atoms with Crippen LogP contribution in [0.5, 0.6) is 0 Å². The van der Waals surface area contributed by atoms with E-state index in [2.05, 4.69) is 10.6 Å². The zero-order valence-electron chi connectivity index (χ0n) is 11.5. The Hall–Kier alpha value is -1.34. The molecule has 1 fully saturated rings. The summed E-state index contributed by atoms with van der Waals surface area (Å²) in [6.07, 6.45) is 0.185. The van der Waals surface area contributed by atoms with E-state index in [1.165, 1.54) is 6.92 Å². The first-order valence-corrected chi connectivity index (χ1v) is 6.33. The first-order valence-electron chi connectivity index (χ1n) is 6.33. The van der Waals surface area contributed by atoms with Gasteiger partial charge in [0.1, 0.15) is 0 Å². The van der Waals surface area contributed by atoms with Crippen LogP contribution in [0.3, 0.4) is 0 Å². The minimum absolute atomic E-state index is 0.0628. The summed E-state index contributed by atoms with van der Waals surface area (Å²) in [7, 11) is 0. The minimum Gasteiger partial charge on any atom is -0.480 e. The van der Waals surface area contributed by atoms with Crippen LogP contribution in [0, 0.1) is 0 Å². The van der Waals surface area contributed by atoms with Gasteiger partial charge in [-0.3, -0.25) is 0 Å². The van der Waals surface area contributed by atoms with Gasteiger partial charge in [0.25, 0.3) is 0 Å². The molecule has 4 N–H and O–H groups in total. The second kappa shape index (κ2) is 6.21. The van der Waals surface area contributed by atoms with Gasteiger partial charge >= 0.3 is 12.0 Å². The van der Waals surface area contributed by atoms with E-state index in [-0.39, 0.29) is 11.6 Å². The molecule has 0 aromatic rings. The van der Waals surface area contributed by atoms with Crippen molar-refractivity contribution in [2.75, 3.05) is 6.61 Å². The Morgan fingerprint density at radius 2 is 2.05 bits per heavy atom. The number of aliphatic hydroxyl groups excluding tert-OH is 1. The van der Waals surface area contributed by atoms with Crippen LogP contribution in [0.2, 0.25) is 0 Å². The molecule has 0 saturated carbocycles. The van der Waals surface area contributed by atoms with Gasteiger partial charge in [0.15, 0.2) is 6.04 Å². The number of amides is 2. The largest absolute Gasteiger partial charge is 0.480 e. The first-order chi connectivity index (χ1) is 8.71. The predicted molar refractivity (Wildman–Crippen MR) is 67.8 cm³/mol. The van der Waals surface area contributed by atoms with Gasteiger partial charge in [0.05, 0.1) is 11.7 Å². The van der Waals surface area contributed by atoms with E-state index in [9.17, 15) is 14.7 Å². The molecule has 1 aliphatic heterocycles. The number of carbonyl (C=O) groups excluding carboxylic acids is 1. The van der Waals surface area contributed by atoms with Gasteiger partial charge in [-0.15, -0.1) is 0 Å². The third-order valence-corrected chi connectivity index (χ3v) is 3.07. The smallest absolute Gasteiger partial charge is 0.328 e. The number of urea groups is 1. The quantitative estimate of drug-likeness (QED) is 0.580. The average molecular weight is 274 g/mol. The van der Waals surface area contributed by atoms with Crippen molar-refractivity contribution in [3.63, 3.8) is 0 Å². The van der Waals surface area contributed by atoms with Crippen molar-refractivity contribution < 1.29 is 24.5 Å². The Balaban J connectivity index is 2.48. The number of aliphatic hydroxyl groups is 1. The SMILES string of the molecule is C[C@@H](O)[C@H](NC(=O)NC1CCOC(C)(C)C1)C(=O)O. The predicted octanol–water partition coefficient (Wildman–Crippen LogP) is 0.0772. The van der Waals surface area contributed by atoms with Crippen molar-refractivity contribution in [1.29, 1.82) is 0 Å². The lowest BCUT2D eigenvalue weighted by molar-refractivity contribution is -0.141. The van der Waals surface area contributed by atoms with Crippen LogP contribution in [0.1, 0.15) is 33.6 Å². The van der Waals surface area contributed by atoms with Gasteiger partial charge in [0.2, 0.25) is 0 Å². The maximum absolute atomic E-state index is 11.7. The molecule has 19 heavy (non-hydrogen) atoms. The van der Waals surface area contributed by atoms with Crippen LogP contribution in [-0.4, -0.2) is 52.6 Å². The van der Waals surface area contributed by atoms with Gasteiger partial charge in [0, 0.05) is 12.6 Å². The Morgan fingerprint density at radius 3 is 2.53 bits per heavy atom. The number of aliphatic carboxylic acids is 1. The average Bonchev–Trinajstić information content (AvgIpc) is 2.23. The number of carboxylic acids is 1. The zero-order chi connectivity index (χ0) is 14.6. The third kappa shape index (κ3) is 5.04. The summed E-state index contributed by atoms with van der Waals surface area (Å²) in [5.41, 5.74) is -0.299. The van der Waals surface area contributed by atoms with Crippen LogP contribution in [0.25, 0.3) is 0 Å². The highest BCUT2D eigenvalue weighted by molar-refractivity contribution is 5.83. The van der Waals surface area contributed by atoms with E-state index in [0.29, 0.717) is 19.4 Å². The van der Waals surface area contributed by atoms with E-state index in [1.807, 2.05) is 13.8 Å². The number of hydrogen-bond donors (Lipinski definition) is 4. The molecule has 0 spiro atoms. The molecule has 1 unspecified atom stereocenters. The molecule has 7 heteroatoms. The van der Waals surface area contributed by atoms with Crippen LogP contribution in [0.15, 0.2) is 0 Å². The summed E-state index contributed by atoms with van der Waals surface area (Å²) in [5, 5.41) is 23.1. The van der Waals surface area contributed by atoms with Gasteiger partial charge in [-0.25, -0.2) is 9.59 Å². The van der Waals surface area contributed by atoms with Crippen LogP contribution in [0.4, 0.5) is 4.79 Å². The van der Waals surface area contributed by atoms with E-state index in [0.717, 1.165) is 0 Å². The normalized spacial score (nSPS) is 25.2.